The molecular formula is C17H26NPS. The normalized spacial score (nSPS) is 18.4. The fraction of sp³-hybridized carbons (Fsp3) is 0.529. The highest BCUT2D eigenvalue weighted by molar-refractivity contribution is 8.15. The van der Waals surface area contributed by atoms with E-state index >= 15 is 0 Å². The van der Waals surface area contributed by atoms with Gasteiger partial charge in [-0.25, -0.2) is 0 Å². The van der Waals surface area contributed by atoms with Crippen LogP contribution < -0.4 is 0 Å². The van der Waals surface area contributed by atoms with Gasteiger partial charge in [0.15, 0.2) is 0 Å². The smallest absolute Gasteiger partial charge is 0.0542 e. The Morgan fingerprint density at radius 2 is 1.60 bits per heavy atom. The van der Waals surface area contributed by atoms with Crippen molar-refractivity contribution in [3.05, 3.63) is 41.1 Å². The number of nitrogens with zero attached hydrogens (tertiary/aromatic N) is 1. The van der Waals surface area contributed by atoms with Gasteiger partial charge in [-0.2, -0.15) is 0 Å². The highest BCUT2D eigenvalue weighted by atomic mass is 32.4. The van der Waals surface area contributed by atoms with Crippen molar-refractivity contribution in [2.75, 3.05) is 14.1 Å². The molecule has 1 atom stereocenters. The molecule has 0 spiro atoms. The third-order valence-corrected chi connectivity index (χ3v) is 12.1. The summed E-state index contributed by atoms with van der Waals surface area (Å²) in [6.45, 7) is 9.26. The molecule has 0 N–H and O–H groups in total. The zero-order valence-electron chi connectivity index (χ0n) is 13.4. The van der Waals surface area contributed by atoms with Gasteiger partial charge in [0.2, 0.25) is 0 Å². The molecule has 0 fully saturated rings. The van der Waals surface area contributed by atoms with Crippen molar-refractivity contribution in [2.24, 2.45) is 0 Å². The maximum Gasteiger partial charge on any atom is 0.0542 e. The fourth-order valence-corrected chi connectivity index (χ4v) is 7.72. The lowest BCUT2D eigenvalue weighted by atomic mass is 10.1. The average Bonchev–Trinajstić information content (AvgIpc) is 2.77. The Morgan fingerprint density at radius 1 is 1.05 bits per heavy atom. The van der Waals surface area contributed by atoms with E-state index in [1.165, 1.54) is 16.8 Å². The molecule has 0 amide bonds. The van der Waals surface area contributed by atoms with Crippen LogP contribution in [0.25, 0.3) is 6.08 Å². The first-order valence-electron chi connectivity index (χ1n) is 7.37. The van der Waals surface area contributed by atoms with Crippen molar-refractivity contribution in [3.8, 4) is 0 Å². The van der Waals surface area contributed by atoms with Gasteiger partial charge in [0.05, 0.1) is 5.66 Å². The predicted octanol–water partition coefficient (Wildman–Crippen LogP) is 4.94. The standard InChI is InChI=1S/C17H26NPS/c1-12(2)19(20,13(3)4)17-15-10-8-7-9-14(15)11-16(17)18(5)6/h7-13,17H,1-6H3. The van der Waals surface area contributed by atoms with Crippen molar-refractivity contribution in [1.82, 2.24) is 4.90 Å². The minimum absolute atomic E-state index is 0.420. The van der Waals surface area contributed by atoms with Crippen molar-refractivity contribution < 1.29 is 0 Å². The number of hydrogen-bond acceptors (Lipinski definition) is 2. The highest BCUT2D eigenvalue weighted by Gasteiger charge is 2.41. The van der Waals surface area contributed by atoms with Gasteiger partial charge in [-0.1, -0.05) is 63.8 Å². The van der Waals surface area contributed by atoms with Crippen molar-refractivity contribution in [3.63, 3.8) is 0 Å². The summed E-state index contributed by atoms with van der Waals surface area (Å²) >= 11 is 6.33. The number of fused-ring (bicyclic) bond motifs is 1. The van der Waals surface area contributed by atoms with Crippen molar-refractivity contribution >= 4 is 23.9 Å². The minimum Gasteiger partial charge on any atom is -0.380 e. The predicted molar refractivity (Wildman–Crippen MR) is 95.4 cm³/mol. The number of rotatable bonds is 4. The summed E-state index contributed by atoms with van der Waals surface area (Å²) in [6, 6.07) is 7.24. The second-order valence-electron chi connectivity index (χ2n) is 6.45. The molecule has 1 aliphatic carbocycles. The maximum absolute atomic E-state index is 6.33. The Bertz CT molecular complexity index is 560. The molecule has 1 nitrogen and oxygen atoms in total. The molecule has 0 aliphatic heterocycles. The molecule has 1 aromatic rings. The average molecular weight is 307 g/mol. The van der Waals surface area contributed by atoms with Crippen LogP contribution in [0.2, 0.25) is 0 Å². The summed E-state index contributed by atoms with van der Waals surface area (Å²) in [7, 11) is 4.29. The van der Waals surface area contributed by atoms with Gasteiger partial charge in [0.25, 0.3) is 0 Å². The molecule has 1 aromatic carbocycles. The molecular weight excluding hydrogens is 281 g/mol. The third-order valence-electron chi connectivity index (χ3n) is 4.41. The first kappa shape index (κ1) is 15.8. The zero-order chi connectivity index (χ0) is 15.1. The molecule has 0 saturated carbocycles. The summed E-state index contributed by atoms with van der Waals surface area (Å²) in [4.78, 5) is 2.26. The number of hydrogen-bond donors (Lipinski definition) is 0. The molecule has 1 aliphatic rings. The van der Waals surface area contributed by atoms with Crippen LogP contribution in [0.5, 0.6) is 0 Å². The summed E-state index contributed by atoms with van der Waals surface area (Å²) < 4.78 is 0. The minimum atomic E-state index is -1.53. The highest BCUT2D eigenvalue weighted by Crippen LogP contribution is 2.70. The molecule has 3 heteroatoms. The van der Waals surface area contributed by atoms with E-state index < -0.39 is 6.04 Å². The van der Waals surface area contributed by atoms with Gasteiger partial charge in [-0.15, -0.1) is 0 Å². The SMILES string of the molecule is CC(C)P(=S)(C(C)C)C1C(N(C)C)=Cc2ccccc21. The van der Waals surface area contributed by atoms with Gasteiger partial charge < -0.3 is 4.90 Å². The Hall–Kier alpha value is -0.590. The third kappa shape index (κ3) is 2.38. The number of allylic oxidation sites excluding steroid dienone is 1. The van der Waals surface area contributed by atoms with E-state index in [4.69, 9.17) is 11.8 Å². The molecule has 0 bridgehead atoms. The van der Waals surface area contributed by atoms with Crippen LogP contribution in [0, 0.1) is 0 Å². The lowest BCUT2D eigenvalue weighted by Gasteiger charge is -2.39. The Morgan fingerprint density at radius 3 is 2.10 bits per heavy atom. The summed E-state index contributed by atoms with van der Waals surface area (Å²) in [6.07, 6.45) is 2.34. The first-order chi connectivity index (χ1) is 9.30. The molecule has 110 valence electrons. The van der Waals surface area contributed by atoms with Crippen LogP contribution >= 0.6 is 6.04 Å². The van der Waals surface area contributed by atoms with Crippen LogP contribution in [0.4, 0.5) is 0 Å². The van der Waals surface area contributed by atoms with E-state index in [-0.39, 0.29) is 0 Å². The Kier molecular flexibility index (Phi) is 4.47. The quantitative estimate of drug-likeness (QED) is 0.725. The lowest BCUT2D eigenvalue weighted by molar-refractivity contribution is 0.501. The lowest BCUT2D eigenvalue weighted by Crippen LogP contribution is -2.21. The van der Waals surface area contributed by atoms with Crippen molar-refractivity contribution in [2.45, 2.75) is 44.7 Å². The van der Waals surface area contributed by atoms with Crippen LogP contribution in [0.15, 0.2) is 30.0 Å². The molecule has 0 heterocycles. The largest absolute Gasteiger partial charge is 0.380 e. The Balaban J connectivity index is 2.64. The number of likely N-dealkylation sites (N-methyl/N-ethyl adjacent to an activating group) is 1. The molecule has 1 unspecified atom stereocenters. The van der Waals surface area contributed by atoms with Crippen LogP contribution in [-0.2, 0) is 11.8 Å². The van der Waals surface area contributed by atoms with E-state index in [1.54, 1.807) is 0 Å². The monoisotopic (exact) mass is 307 g/mol. The molecule has 0 aromatic heterocycles. The van der Waals surface area contributed by atoms with Crippen LogP contribution in [0.3, 0.4) is 0 Å². The first-order valence-corrected chi connectivity index (χ1v) is 10.4. The molecule has 2 rings (SSSR count). The zero-order valence-corrected chi connectivity index (χ0v) is 15.1. The van der Waals surface area contributed by atoms with Crippen LogP contribution in [-0.4, -0.2) is 30.3 Å². The molecule has 20 heavy (non-hydrogen) atoms. The number of benzene rings is 1. The van der Waals surface area contributed by atoms with E-state index in [0.717, 1.165) is 0 Å². The van der Waals surface area contributed by atoms with Gasteiger partial charge in [-0.3, -0.25) is 0 Å². The van der Waals surface area contributed by atoms with Crippen LogP contribution in [0.1, 0.15) is 44.5 Å². The summed E-state index contributed by atoms with van der Waals surface area (Å²) in [5, 5.41) is 0. The molecule has 0 radical (unpaired) electrons. The fourth-order valence-electron chi connectivity index (χ4n) is 3.28. The Labute approximate surface area is 129 Å². The van der Waals surface area contributed by atoms with E-state index in [1.807, 2.05) is 0 Å². The topological polar surface area (TPSA) is 3.24 Å². The van der Waals surface area contributed by atoms with E-state index in [9.17, 15) is 0 Å². The summed E-state index contributed by atoms with van der Waals surface area (Å²) in [5.74, 6) is 0. The van der Waals surface area contributed by atoms with Gasteiger partial charge in [-0.05, 0) is 34.6 Å². The van der Waals surface area contributed by atoms with Gasteiger partial charge in [0.1, 0.15) is 0 Å². The van der Waals surface area contributed by atoms with Gasteiger partial charge in [0, 0.05) is 19.8 Å². The molecule has 0 saturated heterocycles. The maximum atomic E-state index is 6.33. The van der Waals surface area contributed by atoms with Gasteiger partial charge >= 0.3 is 0 Å². The van der Waals surface area contributed by atoms with Crippen molar-refractivity contribution in [1.29, 1.82) is 0 Å². The summed E-state index contributed by atoms with van der Waals surface area (Å²) in [5.41, 5.74) is 5.76. The van der Waals surface area contributed by atoms with E-state index in [2.05, 4.69) is 77.0 Å². The second-order valence-corrected chi connectivity index (χ2v) is 12.5. The van der Waals surface area contributed by atoms with E-state index in [0.29, 0.717) is 17.0 Å². The second kappa shape index (κ2) is 5.66.